The van der Waals surface area contributed by atoms with Gasteiger partial charge in [0, 0.05) is 35.2 Å². The third-order valence-corrected chi connectivity index (χ3v) is 4.39. The van der Waals surface area contributed by atoms with E-state index in [0.29, 0.717) is 31.0 Å². The van der Waals surface area contributed by atoms with E-state index in [9.17, 15) is 14.1 Å². The Hall–Kier alpha value is -1.20. The maximum Gasteiger partial charge on any atom is 0.314 e. The molecule has 0 aromatic heterocycles. The zero-order chi connectivity index (χ0) is 13.2. The summed E-state index contributed by atoms with van der Waals surface area (Å²) in [7, 11) is -1.10. The molecule has 1 aliphatic heterocycles. The fourth-order valence-corrected chi connectivity index (χ4v) is 2.88. The van der Waals surface area contributed by atoms with Gasteiger partial charge in [-0.05, 0) is 30.5 Å². The number of hydrogen-bond donors (Lipinski definition) is 1. The summed E-state index contributed by atoms with van der Waals surface area (Å²) in [6.45, 7) is 0.900. The molecule has 1 heterocycles. The molecular formula is C13H16O4S. The predicted molar refractivity (Wildman–Crippen MR) is 68.1 cm³/mol. The number of carboxylic acids is 1. The van der Waals surface area contributed by atoms with E-state index in [1.807, 2.05) is 0 Å². The van der Waals surface area contributed by atoms with Crippen molar-refractivity contribution in [1.82, 2.24) is 0 Å². The van der Waals surface area contributed by atoms with Gasteiger partial charge in [0.25, 0.3) is 0 Å². The van der Waals surface area contributed by atoms with Gasteiger partial charge in [0.1, 0.15) is 0 Å². The van der Waals surface area contributed by atoms with Gasteiger partial charge in [0.05, 0.1) is 5.41 Å². The lowest BCUT2D eigenvalue weighted by Crippen LogP contribution is -2.41. The van der Waals surface area contributed by atoms with Gasteiger partial charge in [0.2, 0.25) is 0 Å². The molecule has 1 N–H and O–H groups in total. The van der Waals surface area contributed by atoms with Gasteiger partial charge in [-0.2, -0.15) is 0 Å². The van der Waals surface area contributed by atoms with Crippen LogP contribution in [0.1, 0.15) is 18.4 Å². The lowest BCUT2D eigenvalue weighted by atomic mass is 9.74. The molecular weight excluding hydrogens is 252 g/mol. The van der Waals surface area contributed by atoms with E-state index in [4.69, 9.17) is 4.74 Å². The second kappa shape index (κ2) is 5.20. The molecule has 0 spiro atoms. The minimum atomic E-state index is -1.10. The van der Waals surface area contributed by atoms with E-state index in [0.717, 1.165) is 5.56 Å². The lowest BCUT2D eigenvalue weighted by molar-refractivity contribution is -0.147. The summed E-state index contributed by atoms with van der Waals surface area (Å²) in [4.78, 5) is 12.3. The third-order valence-electron chi connectivity index (χ3n) is 3.47. The number of carbonyl (C=O) groups is 1. The molecule has 1 atom stereocenters. The summed E-state index contributed by atoms with van der Waals surface area (Å²) in [5.41, 5.74) is -0.167. The number of carboxylic acid groups (broad SMARTS) is 1. The van der Waals surface area contributed by atoms with Gasteiger partial charge in [-0.15, -0.1) is 0 Å². The van der Waals surface area contributed by atoms with Crippen LogP contribution in [-0.4, -0.2) is 34.8 Å². The molecule has 1 unspecified atom stereocenters. The molecule has 0 aliphatic carbocycles. The zero-order valence-electron chi connectivity index (χ0n) is 10.2. The highest BCUT2D eigenvalue weighted by Gasteiger charge is 2.41. The highest BCUT2D eigenvalue weighted by atomic mass is 32.2. The molecule has 2 rings (SSSR count). The van der Waals surface area contributed by atoms with E-state index in [-0.39, 0.29) is 0 Å². The highest BCUT2D eigenvalue weighted by molar-refractivity contribution is 7.84. The monoisotopic (exact) mass is 268 g/mol. The van der Waals surface area contributed by atoms with Crippen molar-refractivity contribution in [1.29, 1.82) is 0 Å². The van der Waals surface area contributed by atoms with E-state index in [1.165, 1.54) is 0 Å². The highest BCUT2D eigenvalue weighted by Crippen LogP contribution is 2.35. The Labute approximate surface area is 108 Å². The summed E-state index contributed by atoms with van der Waals surface area (Å²) < 4.78 is 16.7. The Bertz CT molecular complexity index is 478. The Balaban J connectivity index is 2.45. The maximum absolute atomic E-state index is 11.6. The first kappa shape index (κ1) is 13.2. The van der Waals surface area contributed by atoms with Crippen molar-refractivity contribution in [3.63, 3.8) is 0 Å². The van der Waals surface area contributed by atoms with E-state index in [2.05, 4.69) is 0 Å². The Kier molecular flexibility index (Phi) is 3.82. The Morgan fingerprint density at radius 2 is 2.06 bits per heavy atom. The normalized spacial score (nSPS) is 20.3. The second-order valence-electron chi connectivity index (χ2n) is 4.48. The predicted octanol–water partition coefficient (Wildman–Crippen LogP) is 1.56. The van der Waals surface area contributed by atoms with Gasteiger partial charge in [-0.25, -0.2) is 0 Å². The summed E-state index contributed by atoms with van der Waals surface area (Å²) in [5.74, 6) is -0.829. The van der Waals surface area contributed by atoms with Crippen LogP contribution in [-0.2, 0) is 25.7 Å². The van der Waals surface area contributed by atoms with Gasteiger partial charge in [0.15, 0.2) is 0 Å². The van der Waals surface area contributed by atoms with Crippen molar-refractivity contribution in [3.05, 3.63) is 29.8 Å². The van der Waals surface area contributed by atoms with Crippen molar-refractivity contribution in [2.45, 2.75) is 23.2 Å². The van der Waals surface area contributed by atoms with Crippen LogP contribution in [0, 0.1) is 0 Å². The molecule has 0 bridgehead atoms. The van der Waals surface area contributed by atoms with Crippen LogP contribution in [0.5, 0.6) is 0 Å². The molecule has 5 heteroatoms. The molecule has 1 fully saturated rings. The van der Waals surface area contributed by atoms with Crippen LogP contribution in [0.25, 0.3) is 0 Å². The van der Waals surface area contributed by atoms with Crippen LogP contribution in [0.3, 0.4) is 0 Å². The largest absolute Gasteiger partial charge is 0.481 e. The molecule has 0 amide bonds. The van der Waals surface area contributed by atoms with Crippen molar-refractivity contribution in [2.75, 3.05) is 19.5 Å². The van der Waals surface area contributed by atoms with Gasteiger partial charge in [-0.1, -0.05) is 12.1 Å². The Morgan fingerprint density at radius 1 is 1.39 bits per heavy atom. The molecule has 1 saturated heterocycles. The molecule has 0 radical (unpaired) electrons. The van der Waals surface area contributed by atoms with Gasteiger partial charge < -0.3 is 9.84 Å². The summed E-state index contributed by atoms with van der Waals surface area (Å²) in [6, 6.07) is 7.08. The number of ether oxygens (including phenoxy) is 1. The van der Waals surface area contributed by atoms with Crippen molar-refractivity contribution in [3.8, 4) is 0 Å². The van der Waals surface area contributed by atoms with E-state index < -0.39 is 22.2 Å². The van der Waals surface area contributed by atoms with Crippen molar-refractivity contribution >= 4 is 16.8 Å². The average Bonchev–Trinajstić information content (AvgIpc) is 2.39. The van der Waals surface area contributed by atoms with Crippen LogP contribution in [0.2, 0.25) is 0 Å². The van der Waals surface area contributed by atoms with Gasteiger partial charge in [-0.3, -0.25) is 9.00 Å². The number of benzene rings is 1. The van der Waals surface area contributed by atoms with Crippen LogP contribution in [0.15, 0.2) is 29.2 Å². The molecule has 0 saturated carbocycles. The Morgan fingerprint density at radius 3 is 2.61 bits per heavy atom. The lowest BCUT2D eigenvalue weighted by Gasteiger charge is -2.33. The molecule has 1 aliphatic rings. The first-order valence-electron chi connectivity index (χ1n) is 5.81. The fraction of sp³-hybridized carbons (Fsp3) is 0.462. The number of aliphatic carboxylic acids is 1. The second-order valence-corrected chi connectivity index (χ2v) is 5.86. The number of hydrogen-bond acceptors (Lipinski definition) is 3. The summed E-state index contributed by atoms with van der Waals surface area (Å²) in [6.07, 6.45) is 2.51. The summed E-state index contributed by atoms with van der Waals surface area (Å²) >= 11 is 0. The quantitative estimate of drug-likeness (QED) is 0.903. The first-order valence-corrected chi connectivity index (χ1v) is 7.37. The van der Waals surface area contributed by atoms with Crippen LogP contribution < -0.4 is 0 Å². The van der Waals surface area contributed by atoms with Crippen molar-refractivity contribution < 1.29 is 18.8 Å². The third kappa shape index (κ3) is 2.33. The average molecular weight is 268 g/mol. The maximum atomic E-state index is 11.6. The molecule has 18 heavy (non-hydrogen) atoms. The molecule has 1 aromatic carbocycles. The van der Waals surface area contributed by atoms with Crippen LogP contribution in [0.4, 0.5) is 0 Å². The van der Waals surface area contributed by atoms with E-state index >= 15 is 0 Å². The zero-order valence-corrected chi connectivity index (χ0v) is 11.0. The smallest absolute Gasteiger partial charge is 0.314 e. The standard InChI is InChI=1S/C13H16O4S/c1-18(16)11-4-2-3-10(9-11)13(12(14)15)5-7-17-8-6-13/h2-4,9H,5-8H2,1H3,(H,14,15). The number of rotatable bonds is 3. The molecule has 4 nitrogen and oxygen atoms in total. The SMILES string of the molecule is CS(=O)c1cccc(C2(C(=O)O)CCOCC2)c1. The van der Waals surface area contributed by atoms with E-state index in [1.54, 1.807) is 30.5 Å². The summed E-state index contributed by atoms with van der Waals surface area (Å²) in [5, 5.41) is 9.54. The van der Waals surface area contributed by atoms with Crippen molar-refractivity contribution in [2.24, 2.45) is 0 Å². The molecule has 98 valence electrons. The van der Waals surface area contributed by atoms with Crippen LogP contribution >= 0.6 is 0 Å². The fourth-order valence-electron chi connectivity index (χ4n) is 2.32. The molecule has 1 aromatic rings. The minimum Gasteiger partial charge on any atom is -0.481 e. The topological polar surface area (TPSA) is 63.6 Å². The first-order chi connectivity index (χ1) is 8.56. The van der Waals surface area contributed by atoms with Gasteiger partial charge >= 0.3 is 5.97 Å². The minimum absolute atomic E-state index is 0.450.